The minimum absolute atomic E-state index is 0.0203. The van der Waals surface area contributed by atoms with Crippen molar-refractivity contribution in [2.75, 3.05) is 27.4 Å². The third-order valence-electron chi connectivity index (χ3n) is 2.40. The molecule has 0 radical (unpaired) electrons. The van der Waals surface area contributed by atoms with E-state index in [1.165, 1.54) is 12.0 Å². The Morgan fingerprint density at radius 3 is 2.47 bits per heavy atom. The van der Waals surface area contributed by atoms with Crippen molar-refractivity contribution >= 4 is 12.0 Å². The smallest absolute Gasteiger partial charge is 0.326 e. The Bertz CT molecular complexity index is 259. The van der Waals surface area contributed by atoms with Gasteiger partial charge in [-0.25, -0.2) is 9.59 Å². The van der Waals surface area contributed by atoms with E-state index in [2.05, 4.69) is 5.32 Å². The lowest BCUT2D eigenvalue weighted by atomic mass is 10.2. The third kappa shape index (κ3) is 5.50. The fraction of sp³-hybridized carbons (Fsp3) is 0.800. The van der Waals surface area contributed by atoms with Crippen LogP contribution in [-0.4, -0.2) is 66.6 Å². The lowest BCUT2D eigenvalue weighted by Gasteiger charge is -2.26. The summed E-state index contributed by atoms with van der Waals surface area (Å²) in [5, 5.41) is 19.8. The largest absolute Gasteiger partial charge is 0.480 e. The van der Waals surface area contributed by atoms with Crippen LogP contribution in [0.1, 0.15) is 13.3 Å². The molecule has 3 N–H and O–H groups in total. The van der Waals surface area contributed by atoms with E-state index < -0.39 is 18.0 Å². The van der Waals surface area contributed by atoms with Crippen LogP contribution in [0.3, 0.4) is 0 Å². The number of hydrogen-bond acceptors (Lipinski definition) is 4. The number of carbonyl (C=O) groups is 2. The number of amides is 2. The van der Waals surface area contributed by atoms with Gasteiger partial charge in [-0.3, -0.25) is 0 Å². The zero-order chi connectivity index (χ0) is 13.4. The van der Waals surface area contributed by atoms with Crippen LogP contribution in [0.25, 0.3) is 0 Å². The number of urea groups is 1. The van der Waals surface area contributed by atoms with Gasteiger partial charge in [0.1, 0.15) is 6.04 Å². The van der Waals surface area contributed by atoms with Gasteiger partial charge in [-0.1, -0.05) is 0 Å². The van der Waals surface area contributed by atoms with Crippen molar-refractivity contribution in [2.45, 2.75) is 25.4 Å². The average Bonchev–Trinajstić information content (AvgIpc) is 2.27. The molecule has 0 spiro atoms. The Labute approximate surface area is 100 Å². The maximum Gasteiger partial charge on any atom is 0.326 e. The van der Waals surface area contributed by atoms with E-state index in [1.54, 1.807) is 14.0 Å². The highest BCUT2D eigenvalue weighted by atomic mass is 16.5. The Morgan fingerprint density at radius 2 is 2.06 bits per heavy atom. The fourth-order valence-corrected chi connectivity index (χ4v) is 1.19. The van der Waals surface area contributed by atoms with E-state index in [-0.39, 0.29) is 19.1 Å². The van der Waals surface area contributed by atoms with Gasteiger partial charge in [0, 0.05) is 27.2 Å². The van der Waals surface area contributed by atoms with Gasteiger partial charge < -0.3 is 25.2 Å². The number of hydrogen-bond donors (Lipinski definition) is 3. The van der Waals surface area contributed by atoms with Gasteiger partial charge in [0.05, 0.1) is 12.6 Å². The van der Waals surface area contributed by atoms with Gasteiger partial charge in [-0.2, -0.15) is 0 Å². The number of nitrogens with one attached hydrogen (secondary N) is 1. The van der Waals surface area contributed by atoms with Crippen LogP contribution in [0.5, 0.6) is 0 Å². The lowest BCUT2D eigenvalue weighted by Crippen LogP contribution is -2.50. The standard InChI is InChI=1S/C10H20N2O5/c1-7(6-17-3)12(2)10(16)11-8(4-5-13)9(14)15/h7-8,13H,4-6H2,1-3H3,(H,11,16)(H,14,15)/t7?,8-/m1/s1. The van der Waals surface area contributed by atoms with E-state index >= 15 is 0 Å². The monoisotopic (exact) mass is 248 g/mol. The summed E-state index contributed by atoms with van der Waals surface area (Å²) in [6.45, 7) is 1.85. The number of ether oxygens (including phenoxy) is 1. The molecule has 2 atom stereocenters. The van der Waals surface area contributed by atoms with E-state index in [1.807, 2.05) is 0 Å². The second-order valence-corrected chi connectivity index (χ2v) is 3.77. The van der Waals surface area contributed by atoms with Crippen molar-refractivity contribution in [1.29, 1.82) is 0 Å². The molecule has 0 heterocycles. The van der Waals surface area contributed by atoms with Gasteiger partial charge in [-0.05, 0) is 6.92 Å². The minimum atomic E-state index is -1.17. The highest BCUT2D eigenvalue weighted by Crippen LogP contribution is 1.99. The highest BCUT2D eigenvalue weighted by Gasteiger charge is 2.23. The van der Waals surface area contributed by atoms with Crippen LogP contribution in [0, 0.1) is 0 Å². The summed E-state index contributed by atoms with van der Waals surface area (Å²) in [5.41, 5.74) is 0. The summed E-state index contributed by atoms with van der Waals surface area (Å²) in [5.74, 6) is -1.17. The van der Waals surface area contributed by atoms with Crippen LogP contribution < -0.4 is 5.32 Å². The summed E-state index contributed by atoms with van der Waals surface area (Å²) in [4.78, 5) is 23.8. The Morgan fingerprint density at radius 1 is 1.47 bits per heavy atom. The number of aliphatic carboxylic acids is 1. The van der Waals surface area contributed by atoms with Gasteiger partial charge in [0.15, 0.2) is 0 Å². The molecule has 0 bridgehead atoms. The van der Waals surface area contributed by atoms with Crippen molar-refractivity contribution in [3.63, 3.8) is 0 Å². The summed E-state index contributed by atoms with van der Waals surface area (Å²) in [6.07, 6.45) is -0.0203. The van der Waals surface area contributed by atoms with Crippen LogP contribution in [-0.2, 0) is 9.53 Å². The van der Waals surface area contributed by atoms with E-state index in [0.717, 1.165) is 0 Å². The molecule has 17 heavy (non-hydrogen) atoms. The Balaban J connectivity index is 4.34. The van der Waals surface area contributed by atoms with Crippen molar-refractivity contribution < 1.29 is 24.5 Å². The summed E-state index contributed by atoms with van der Waals surface area (Å²) in [6, 6.07) is -1.75. The van der Waals surface area contributed by atoms with Crippen molar-refractivity contribution in [3.8, 4) is 0 Å². The van der Waals surface area contributed by atoms with E-state index in [9.17, 15) is 9.59 Å². The number of likely N-dealkylation sites (N-methyl/N-ethyl adjacent to an activating group) is 1. The first-order chi connectivity index (χ1) is 7.93. The maximum atomic E-state index is 11.7. The Kier molecular flexibility index (Phi) is 7.24. The first kappa shape index (κ1) is 15.7. The average molecular weight is 248 g/mol. The predicted molar refractivity (Wildman–Crippen MR) is 60.8 cm³/mol. The molecule has 7 nitrogen and oxygen atoms in total. The molecule has 0 saturated heterocycles. The van der Waals surface area contributed by atoms with Crippen molar-refractivity contribution in [1.82, 2.24) is 10.2 Å². The molecule has 1 unspecified atom stereocenters. The third-order valence-corrected chi connectivity index (χ3v) is 2.40. The molecule has 0 saturated carbocycles. The number of aliphatic hydroxyl groups excluding tert-OH is 1. The summed E-state index contributed by atoms with van der Waals surface area (Å²) >= 11 is 0. The number of carboxylic acids is 1. The van der Waals surface area contributed by atoms with Gasteiger partial charge in [0.25, 0.3) is 0 Å². The van der Waals surface area contributed by atoms with Crippen molar-refractivity contribution in [3.05, 3.63) is 0 Å². The van der Waals surface area contributed by atoms with Crippen LogP contribution >= 0.6 is 0 Å². The highest BCUT2D eigenvalue weighted by molar-refractivity contribution is 5.82. The lowest BCUT2D eigenvalue weighted by molar-refractivity contribution is -0.139. The molecule has 0 fully saturated rings. The number of nitrogens with zero attached hydrogens (tertiary/aromatic N) is 1. The molecule has 7 heteroatoms. The molecule has 0 aliphatic rings. The van der Waals surface area contributed by atoms with Crippen LogP contribution in [0.15, 0.2) is 0 Å². The molecule has 0 aliphatic heterocycles. The molecule has 2 amide bonds. The first-order valence-electron chi connectivity index (χ1n) is 5.30. The molecular formula is C10H20N2O5. The van der Waals surface area contributed by atoms with Crippen molar-refractivity contribution in [2.24, 2.45) is 0 Å². The molecule has 0 aliphatic carbocycles. The second kappa shape index (κ2) is 7.86. The number of carbonyl (C=O) groups excluding carboxylic acids is 1. The summed E-state index contributed by atoms with van der Waals surface area (Å²) in [7, 11) is 3.07. The molecule has 0 rings (SSSR count). The molecule has 100 valence electrons. The maximum absolute atomic E-state index is 11.7. The Hall–Kier alpha value is -1.34. The summed E-state index contributed by atoms with van der Waals surface area (Å²) < 4.78 is 4.90. The van der Waals surface area contributed by atoms with Crippen LogP contribution in [0.4, 0.5) is 4.79 Å². The zero-order valence-corrected chi connectivity index (χ0v) is 10.3. The fourth-order valence-electron chi connectivity index (χ4n) is 1.19. The van der Waals surface area contributed by atoms with Gasteiger partial charge in [-0.15, -0.1) is 0 Å². The molecular weight excluding hydrogens is 228 g/mol. The van der Waals surface area contributed by atoms with Crippen LogP contribution in [0.2, 0.25) is 0 Å². The number of carboxylic acid groups (broad SMARTS) is 1. The quantitative estimate of drug-likeness (QED) is 0.564. The normalized spacial score (nSPS) is 13.9. The second-order valence-electron chi connectivity index (χ2n) is 3.77. The number of rotatable bonds is 7. The van der Waals surface area contributed by atoms with E-state index in [4.69, 9.17) is 14.9 Å². The number of methoxy groups -OCH3 is 1. The van der Waals surface area contributed by atoms with E-state index in [0.29, 0.717) is 6.61 Å². The topological polar surface area (TPSA) is 99.1 Å². The molecule has 0 aromatic carbocycles. The van der Waals surface area contributed by atoms with Gasteiger partial charge in [0.2, 0.25) is 0 Å². The SMILES string of the molecule is COCC(C)N(C)C(=O)N[C@H](CCO)C(=O)O. The molecule has 0 aromatic rings. The first-order valence-corrected chi connectivity index (χ1v) is 5.30. The van der Waals surface area contributed by atoms with Gasteiger partial charge >= 0.3 is 12.0 Å². The molecule has 0 aromatic heterocycles. The minimum Gasteiger partial charge on any atom is -0.480 e. The zero-order valence-electron chi connectivity index (χ0n) is 10.3. The predicted octanol–water partition coefficient (Wildman–Crippen LogP) is -0.502. The number of aliphatic hydroxyl groups is 1.